The van der Waals surface area contributed by atoms with Gasteiger partial charge in [0.1, 0.15) is 5.75 Å². The largest absolute Gasteiger partial charge is 0.497 e. The number of nitrogens with zero attached hydrogens (tertiary/aromatic N) is 1. The van der Waals surface area contributed by atoms with Crippen molar-refractivity contribution in [1.82, 2.24) is 0 Å². The molecule has 0 fully saturated rings. The van der Waals surface area contributed by atoms with E-state index in [2.05, 4.69) is 19.6 Å². The van der Waals surface area contributed by atoms with Crippen molar-refractivity contribution in [3.05, 3.63) is 48.9 Å². The Morgan fingerprint density at radius 1 is 1.57 bits per heavy atom. The second kappa shape index (κ2) is 4.48. The molecule has 0 N–H and O–H groups in total. The lowest BCUT2D eigenvalue weighted by Gasteiger charge is -2.10. The number of allylic oxidation sites excluding steroid dienone is 1. The number of methoxy groups -OCH3 is 1. The van der Waals surface area contributed by atoms with E-state index in [1.165, 1.54) is 0 Å². The summed E-state index contributed by atoms with van der Waals surface area (Å²) in [4.78, 5) is 0. The first kappa shape index (κ1) is 10.3. The maximum absolute atomic E-state index is 8.87. The van der Waals surface area contributed by atoms with Gasteiger partial charge in [-0.05, 0) is 30.7 Å². The molecule has 1 rings (SSSR count). The molecule has 1 aromatic carbocycles. The highest BCUT2D eigenvalue weighted by molar-refractivity contribution is 5.46. The second-order valence-corrected chi connectivity index (χ2v) is 2.91. The average molecular weight is 186 g/mol. The minimum Gasteiger partial charge on any atom is -0.497 e. The maximum Gasteiger partial charge on any atom is 0.119 e. The zero-order valence-corrected chi connectivity index (χ0v) is 8.16. The molecule has 0 aromatic heterocycles. The summed E-state index contributed by atoms with van der Waals surface area (Å²) in [6.07, 6.45) is 1.70. The summed E-state index contributed by atoms with van der Waals surface area (Å²) in [5, 5.41) is 8.87. The number of hydrogen-bond donors (Lipinski definition) is 0. The lowest BCUT2D eigenvalue weighted by Crippen LogP contribution is -1.95. The molecule has 0 saturated carbocycles. The van der Waals surface area contributed by atoms with Crippen LogP contribution in [-0.2, 0) is 0 Å². The Balaban J connectivity index is 3.22. The van der Waals surface area contributed by atoms with Crippen LogP contribution in [0.2, 0.25) is 0 Å². The van der Waals surface area contributed by atoms with E-state index in [4.69, 9.17) is 10.00 Å². The van der Waals surface area contributed by atoms with Crippen LogP contribution in [0.3, 0.4) is 0 Å². The van der Waals surface area contributed by atoms with Crippen molar-refractivity contribution in [3.8, 4) is 11.8 Å². The van der Waals surface area contributed by atoms with E-state index < -0.39 is 0 Å². The zero-order valence-electron chi connectivity index (χ0n) is 8.16. The third kappa shape index (κ3) is 1.94. The Labute approximate surface area is 84.4 Å². The molecule has 2 heteroatoms. The summed E-state index contributed by atoms with van der Waals surface area (Å²) >= 11 is 0. The van der Waals surface area contributed by atoms with Gasteiger partial charge in [0, 0.05) is 5.92 Å². The second-order valence-electron chi connectivity index (χ2n) is 2.91. The van der Waals surface area contributed by atoms with Gasteiger partial charge in [-0.3, -0.25) is 0 Å². The summed E-state index contributed by atoms with van der Waals surface area (Å²) in [6, 6.07) is 7.43. The van der Waals surface area contributed by atoms with Crippen LogP contribution in [0.5, 0.6) is 5.75 Å². The van der Waals surface area contributed by atoms with Crippen molar-refractivity contribution >= 4 is 0 Å². The summed E-state index contributed by atoms with van der Waals surface area (Å²) < 4.78 is 5.08. The molecule has 0 saturated heterocycles. The topological polar surface area (TPSA) is 33.0 Å². The molecule has 0 aliphatic rings. The first-order valence-electron chi connectivity index (χ1n) is 4.26. The van der Waals surface area contributed by atoms with Crippen molar-refractivity contribution in [1.29, 1.82) is 5.26 Å². The van der Waals surface area contributed by atoms with E-state index in [-0.39, 0.29) is 5.92 Å². The highest BCUT2D eigenvalue weighted by Crippen LogP contribution is 2.24. The fourth-order valence-corrected chi connectivity index (χ4v) is 1.20. The van der Waals surface area contributed by atoms with Gasteiger partial charge in [-0.15, -0.1) is 6.58 Å². The molecule has 1 atom stereocenters. The summed E-state index contributed by atoms with van der Waals surface area (Å²) in [6.45, 7) is 7.54. The van der Waals surface area contributed by atoms with Gasteiger partial charge in [0.15, 0.2) is 0 Å². The van der Waals surface area contributed by atoms with E-state index in [1.54, 1.807) is 25.3 Å². The fourth-order valence-electron chi connectivity index (χ4n) is 1.20. The van der Waals surface area contributed by atoms with Crippen molar-refractivity contribution < 1.29 is 4.74 Å². The van der Waals surface area contributed by atoms with Gasteiger partial charge < -0.3 is 4.74 Å². The molecular formula is C12H12NO. The Kier molecular flexibility index (Phi) is 3.30. The van der Waals surface area contributed by atoms with E-state index in [9.17, 15) is 0 Å². The van der Waals surface area contributed by atoms with Gasteiger partial charge in [0.25, 0.3) is 0 Å². The monoisotopic (exact) mass is 186 g/mol. The minimum absolute atomic E-state index is 0.0836. The van der Waals surface area contributed by atoms with Crippen LogP contribution in [0.15, 0.2) is 30.9 Å². The van der Waals surface area contributed by atoms with E-state index in [1.807, 2.05) is 6.07 Å². The average Bonchev–Trinajstić information content (AvgIpc) is 2.27. The summed E-state index contributed by atoms with van der Waals surface area (Å²) in [5.74, 6) is 0.647. The Bertz CT molecular complexity index is 376. The van der Waals surface area contributed by atoms with Crippen LogP contribution >= 0.6 is 0 Å². The van der Waals surface area contributed by atoms with E-state index in [0.717, 1.165) is 11.3 Å². The number of hydrogen-bond acceptors (Lipinski definition) is 2. The first-order valence-corrected chi connectivity index (χ1v) is 4.26. The highest BCUT2D eigenvalue weighted by atomic mass is 16.5. The molecule has 14 heavy (non-hydrogen) atoms. The molecule has 71 valence electrons. The molecular weight excluding hydrogens is 174 g/mol. The molecule has 0 spiro atoms. The standard InChI is InChI=1S/C12H12NO/c1-4-9(2)12-7-11(14-3)6-5-10(12)8-13/h4-7,9H,1-2H2,3H3. The molecule has 1 unspecified atom stereocenters. The Morgan fingerprint density at radius 3 is 2.79 bits per heavy atom. The van der Waals surface area contributed by atoms with Gasteiger partial charge in [-0.1, -0.05) is 6.08 Å². The molecule has 0 amide bonds. The van der Waals surface area contributed by atoms with Gasteiger partial charge in [0.2, 0.25) is 0 Å². The zero-order chi connectivity index (χ0) is 10.6. The quantitative estimate of drug-likeness (QED) is 0.680. The third-order valence-electron chi connectivity index (χ3n) is 2.06. The molecule has 1 radical (unpaired) electrons. The van der Waals surface area contributed by atoms with Gasteiger partial charge in [-0.2, -0.15) is 5.26 Å². The lowest BCUT2D eigenvalue weighted by molar-refractivity contribution is 0.414. The predicted molar refractivity (Wildman–Crippen MR) is 56.0 cm³/mol. The van der Waals surface area contributed by atoms with Gasteiger partial charge in [0.05, 0.1) is 18.7 Å². The summed E-state index contributed by atoms with van der Waals surface area (Å²) in [7, 11) is 1.59. The number of ether oxygens (including phenoxy) is 1. The Morgan fingerprint density at radius 2 is 2.29 bits per heavy atom. The highest BCUT2D eigenvalue weighted by Gasteiger charge is 2.08. The third-order valence-corrected chi connectivity index (χ3v) is 2.06. The van der Waals surface area contributed by atoms with Crippen LogP contribution in [0, 0.1) is 18.3 Å². The van der Waals surface area contributed by atoms with Crippen LogP contribution in [0.4, 0.5) is 0 Å². The SMILES string of the molecule is [CH2]C(C=C)c1cc(OC)ccc1C#N. The Hall–Kier alpha value is -1.75. The molecule has 1 aromatic rings. The fraction of sp³-hybridized carbons (Fsp3) is 0.167. The van der Waals surface area contributed by atoms with Gasteiger partial charge in [-0.25, -0.2) is 0 Å². The normalized spacial score (nSPS) is 11.5. The van der Waals surface area contributed by atoms with Crippen molar-refractivity contribution in [3.63, 3.8) is 0 Å². The van der Waals surface area contributed by atoms with Crippen molar-refractivity contribution in [2.24, 2.45) is 0 Å². The number of rotatable bonds is 3. The van der Waals surface area contributed by atoms with Crippen LogP contribution in [0.25, 0.3) is 0 Å². The van der Waals surface area contributed by atoms with E-state index in [0.29, 0.717) is 5.56 Å². The van der Waals surface area contributed by atoms with Crippen LogP contribution in [-0.4, -0.2) is 7.11 Å². The molecule has 0 heterocycles. The first-order chi connectivity index (χ1) is 6.72. The maximum atomic E-state index is 8.87. The van der Waals surface area contributed by atoms with E-state index >= 15 is 0 Å². The van der Waals surface area contributed by atoms with Crippen molar-refractivity contribution in [2.75, 3.05) is 7.11 Å². The molecule has 2 nitrogen and oxygen atoms in total. The lowest BCUT2D eigenvalue weighted by atomic mass is 9.96. The minimum atomic E-state index is -0.0836. The smallest absolute Gasteiger partial charge is 0.119 e. The predicted octanol–water partition coefficient (Wildman–Crippen LogP) is 2.67. The molecule has 0 aliphatic heterocycles. The molecule has 0 bridgehead atoms. The number of benzene rings is 1. The van der Waals surface area contributed by atoms with Crippen LogP contribution < -0.4 is 4.74 Å². The molecule has 0 aliphatic carbocycles. The summed E-state index contributed by atoms with van der Waals surface area (Å²) in [5.41, 5.74) is 1.47. The van der Waals surface area contributed by atoms with Crippen LogP contribution in [0.1, 0.15) is 17.0 Å². The number of nitriles is 1. The van der Waals surface area contributed by atoms with Crippen molar-refractivity contribution in [2.45, 2.75) is 5.92 Å². The van der Waals surface area contributed by atoms with Gasteiger partial charge >= 0.3 is 0 Å².